The third-order valence-electron chi connectivity index (χ3n) is 4.16. The highest BCUT2D eigenvalue weighted by atomic mass is 16.5. The monoisotopic (exact) mass is 276 g/mol. The van der Waals surface area contributed by atoms with Crippen molar-refractivity contribution >= 4 is 0 Å². The van der Waals surface area contributed by atoms with Gasteiger partial charge in [-0.05, 0) is 50.3 Å². The first kappa shape index (κ1) is 15.3. The van der Waals surface area contributed by atoms with E-state index in [0.29, 0.717) is 5.92 Å². The quantitative estimate of drug-likeness (QED) is 0.486. The van der Waals surface area contributed by atoms with Crippen LogP contribution in [0.5, 0.6) is 5.75 Å². The number of hydrazine groups is 1. The lowest BCUT2D eigenvalue weighted by Crippen LogP contribution is -2.33. The van der Waals surface area contributed by atoms with E-state index >= 15 is 0 Å². The van der Waals surface area contributed by atoms with E-state index in [-0.39, 0.29) is 12.1 Å². The minimum absolute atomic E-state index is 0.214. The van der Waals surface area contributed by atoms with Crippen LogP contribution in [0.3, 0.4) is 0 Å². The fourth-order valence-electron chi connectivity index (χ4n) is 3.17. The Morgan fingerprint density at radius 3 is 2.15 bits per heavy atom. The molecule has 3 nitrogen and oxygen atoms in total. The highest BCUT2D eigenvalue weighted by Gasteiger charge is 2.23. The van der Waals surface area contributed by atoms with Crippen LogP contribution >= 0.6 is 0 Å². The van der Waals surface area contributed by atoms with E-state index in [0.717, 1.165) is 5.75 Å². The molecule has 1 saturated carbocycles. The third kappa shape index (κ3) is 4.22. The smallest absolute Gasteiger partial charge is 0.119 e. The zero-order valence-electron chi connectivity index (χ0n) is 12.8. The number of nitrogens with one attached hydrogen (secondary N) is 1. The number of benzene rings is 1. The Labute approximate surface area is 122 Å². The van der Waals surface area contributed by atoms with E-state index in [4.69, 9.17) is 10.6 Å². The third-order valence-corrected chi connectivity index (χ3v) is 4.16. The molecule has 1 aliphatic rings. The fourth-order valence-corrected chi connectivity index (χ4v) is 3.17. The average molecular weight is 276 g/mol. The van der Waals surface area contributed by atoms with Crippen LogP contribution in [0.1, 0.15) is 64.0 Å². The molecule has 1 aromatic rings. The van der Waals surface area contributed by atoms with Crippen LogP contribution in [0.4, 0.5) is 0 Å². The van der Waals surface area contributed by atoms with Crippen molar-refractivity contribution in [3.8, 4) is 5.75 Å². The van der Waals surface area contributed by atoms with Crippen molar-refractivity contribution in [2.24, 2.45) is 11.8 Å². The van der Waals surface area contributed by atoms with Crippen molar-refractivity contribution in [2.75, 3.05) is 0 Å². The van der Waals surface area contributed by atoms with E-state index in [2.05, 4.69) is 29.7 Å². The Kier molecular flexibility index (Phi) is 5.86. The van der Waals surface area contributed by atoms with Crippen LogP contribution in [0, 0.1) is 5.92 Å². The van der Waals surface area contributed by atoms with Gasteiger partial charge in [0, 0.05) is 6.04 Å². The molecule has 1 unspecified atom stereocenters. The second kappa shape index (κ2) is 7.65. The van der Waals surface area contributed by atoms with Crippen molar-refractivity contribution in [1.29, 1.82) is 0 Å². The van der Waals surface area contributed by atoms with E-state index in [9.17, 15) is 0 Å². The largest absolute Gasteiger partial charge is 0.491 e. The molecule has 0 saturated heterocycles. The number of hydrogen-bond donors (Lipinski definition) is 2. The predicted octanol–water partition coefficient (Wildman–Crippen LogP) is 3.95. The highest BCUT2D eigenvalue weighted by molar-refractivity contribution is 5.29. The summed E-state index contributed by atoms with van der Waals surface area (Å²) in [6.07, 6.45) is 8.17. The van der Waals surface area contributed by atoms with Gasteiger partial charge in [0.1, 0.15) is 5.75 Å². The summed E-state index contributed by atoms with van der Waals surface area (Å²) in [5.41, 5.74) is 4.31. The summed E-state index contributed by atoms with van der Waals surface area (Å²) in [5, 5.41) is 0. The molecule has 2 rings (SSSR count). The lowest BCUT2D eigenvalue weighted by atomic mass is 9.87. The first-order chi connectivity index (χ1) is 9.70. The van der Waals surface area contributed by atoms with Gasteiger partial charge in [-0.3, -0.25) is 11.3 Å². The molecule has 1 atom stereocenters. The Bertz CT molecular complexity index is 380. The van der Waals surface area contributed by atoms with Gasteiger partial charge >= 0.3 is 0 Å². The Morgan fingerprint density at radius 2 is 1.65 bits per heavy atom. The standard InChI is InChI=1S/C17H28N2O/c1-13(2)20-16-11-9-15(10-12-16)17(19-18)14-7-5-3-4-6-8-14/h9-14,17,19H,3-8,18H2,1-2H3. The molecule has 0 aromatic heterocycles. The number of hydrogen-bond acceptors (Lipinski definition) is 3. The summed E-state index contributed by atoms with van der Waals surface area (Å²) in [6.45, 7) is 4.09. The van der Waals surface area contributed by atoms with Crippen LogP contribution < -0.4 is 16.0 Å². The lowest BCUT2D eigenvalue weighted by molar-refractivity contribution is 0.242. The molecule has 0 amide bonds. The first-order valence-electron chi connectivity index (χ1n) is 7.93. The fraction of sp³-hybridized carbons (Fsp3) is 0.647. The minimum Gasteiger partial charge on any atom is -0.491 e. The summed E-state index contributed by atoms with van der Waals surface area (Å²) < 4.78 is 5.70. The Balaban J connectivity index is 2.06. The van der Waals surface area contributed by atoms with Crippen molar-refractivity contribution in [3.05, 3.63) is 29.8 Å². The van der Waals surface area contributed by atoms with E-state index in [1.165, 1.54) is 44.1 Å². The Hall–Kier alpha value is -1.06. The van der Waals surface area contributed by atoms with E-state index in [1.807, 2.05) is 13.8 Å². The van der Waals surface area contributed by atoms with Crippen LogP contribution in [-0.2, 0) is 0 Å². The van der Waals surface area contributed by atoms with Crippen LogP contribution in [-0.4, -0.2) is 6.10 Å². The molecular formula is C17H28N2O. The SMILES string of the molecule is CC(C)Oc1ccc(C(NN)C2CCCCCC2)cc1. The molecule has 0 bridgehead atoms. The van der Waals surface area contributed by atoms with Gasteiger partial charge in [0.25, 0.3) is 0 Å². The van der Waals surface area contributed by atoms with E-state index in [1.54, 1.807) is 0 Å². The summed E-state index contributed by atoms with van der Waals surface area (Å²) in [4.78, 5) is 0. The summed E-state index contributed by atoms with van der Waals surface area (Å²) in [6, 6.07) is 8.66. The summed E-state index contributed by atoms with van der Waals surface area (Å²) in [5.74, 6) is 7.41. The van der Waals surface area contributed by atoms with Gasteiger partial charge < -0.3 is 4.74 Å². The highest BCUT2D eigenvalue weighted by Crippen LogP contribution is 2.33. The molecule has 112 valence electrons. The topological polar surface area (TPSA) is 47.3 Å². The van der Waals surface area contributed by atoms with Gasteiger partial charge in [-0.2, -0.15) is 0 Å². The van der Waals surface area contributed by atoms with Crippen molar-refractivity contribution in [1.82, 2.24) is 5.43 Å². The van der Waals surface area contributed by atoms with Crippen molar-refractivity contribution < 1.29 is 4.74 Å². The number of ether oxygens (including phenoxy) is 1. The summed E-state index contributed by atoms with van der Waals surface area (Å²) in [7, 11) is 0. The van der Waals surface area contributed by atoms with E-state index < -0.39 is 0 Å². The summed E-state index contributed by atoms with van der Waals surface area (Å²) >= 11 is 0. The lowest BCUT2D eigenvalue weighted by Gasteiger charge is -2.26. The normalized spacial score (nSPS) is 18.8. The molecule has 0 heterocycles. The van der Waals surface area contributed by atoms with Crippen LogP contribution in [0.15, 0.2) is 24.3 Å². The maximum Gasteiger partial charge on any atom is 0.119 e. The molecule has 0 radical (unpaired) electrons. The van der Waals surface area contributed by atoms with Crippen molar-refractivity contribution in [2.45, 2.75) is 64.5 Å². The zero-order valence-corrected chi connectivity index (χ0v) is 12.8. The molecule has 0 aliphatic heterocycles. The van der Waals surface area contributed by atoms with Gasteiger partial charge in [-0.25, -0.2) is 0 Å². The first-order valence-corrected chi connectivity index (χ1v) is 7.93. The predicted molar refractivity (Wildman–Crippen MR) is 83.5 cm³/mol. The zero-order chi connectivity index (χ0) is 14.4. The van der Waals surface area contributed by atoms with Gasteiger partial charge in [-0.1, -0.05) is 37.8 Å². The maximum atomic E-state index is 5.82. The molecular weight excluding hydrogens is 248 g/mol. The molecule has 1 aromatic carbocycles. The van der Waals surface area contributed by atoms with Gasteiger partial charge in [-0.15, -0.1) is 0 Å². The van der Waals surface area contributed by atoms with Crippen LogP contribution in [0.2, 0.25) is 0 Å². The van der Waals surface area contributed by atoms with Gasteiger partial charge in [0.2, 0.25) is 0 Å². The number of rotatable bonds is 5. The second-order valence-corrected chi connectivity index (χ2v) is 6.13. The molecule has 0 spiro atoms. The average Bonchev–Trinajstić information content (AvgIpc) is 2.70. The maximum absolute atomic E-state index is 5.82. The van der Waals surface area contributed by atoms with Gasteiger partial charge in [0.15, 0.2) is 0 Å². The van der Waals surface area contributed by atoms with Crippen molar-refractivity contribution in [3.63, 3.8) is 0 Å². The molecule has 20 heavy (non-hydrogen) atoms. The molecule has 3 heteroatoms. The Morgan fingerprint density at radius 1 is 1.05 bits per heavy atom. The van der Waals surface area contributed by atoms with Gasteiger partial charge in [0.05, 0.1) is 6.10 Å². The molecule has 1 aliphatic carbocycles. The minimum atomic E-state index is 0.214. The second-order valence-electron chi connectivity index (χ2n) is 6.13. The molecule has 1 fully saturated rings. The van der Waals surface area contributed by atoms with Crippen LogP contribution in [0.25, 0.3) is 0 Å². The number of nitrogens with two attached hydrogens (primary N) is 1. The molecule has 3 N–H and O–H groups in total.